The first kappa shape index (κ1) is 23.8. The Morgan fingerprint density at radius 3 is 2.25 bits per heavy atom. The van der Waals surface area contributed by atoms with Crippen molar-refractivity contribution in [3.05, 3.63) is 64.8 Å². The maximum atomic E-state index is 8.87. The standard InChI is InChI=1S/C25H36O3/c1-20(2)9-6-10-21(3)11-7-12-22(4)16-18-28-24-15-14-23(13-8-17-26)19-25(24)27-5/h8-9,11,13-16,19,26H,6-7,10,12,17-18H2,1-5H3. The monoisotopic (exact) mass is 384 g/mol. The number of allylic oxidation sites excluding steroid dienone is 5. The van der Waals surface area contributed by atoms with Gasteiger partial charge < -0.3 is 14.6 Å². The summed E-state index contributed by atoms with van der Waals surface area (Å²) >= 11 is 0. The van der Waals surface area contributed by atoms with Gasteiger partial charge in [0.2, 0.25) is 0 Å². The molecular weight excluding hydrogens is 348 g/mol. The van der Waals surface area contributed by atoms with E-state index in [0.717, 1.165) is 37.0 Å². The molecule has 0 saturated heterocycles. The number of aliphatic hydroxyl groups is 1. The highest BCUT2D eigenvalue weighted by Gasteiger charge is 2.04. The first-order chi connectivity index (χ1) is 13.5. The number of rotatable bonds is 12. The largest absolute Gasteiger partial charge is 0.493 e. The Morgan fingerprint density at radius 2 is 1.61 bits per heavy atom. The van der Waals surface area contributed by atoms with E-state index in [9.17, 15) is 0 Å². The predicted octanol–water partition coefficient (Wildman–Crippen LogP) is 6.50. The van der Waals surface area contributed by atoms with Gasteiger partial charge in [-0.3, -0.25) is 0 Å². The van der Waals surface area contributed by atoms with Crippen molar-refractivity contribution >= 4 is 6.08 Å². The van der Waals surface area contributed by atoms with Crippen LogP contribution in [0.15, 0.2) is 59.2 Å². The third-order valence-electron chi connectivity index (χ3n) is 4.40. The zero-order chi connectivity index (χ0) is 20.8. The van der Waals surface area contributed by atoms with E-state index in [1.165, 1.54) is 16.7 Å². The molecule has 0 atom stereocenters. The second-order valence-corrected chi connectivity index (χ2v) is 7.27. The van der Waals surface area contributed by atoms with Gasteiger partial charge >= 0.3 is 0 Å². The molecule has 0 amide bonds. The van der Waals surface area contributed by atoms with Crippen LogP contribution in [0.5, 0.6) is 11.5 Å². The number of methoxy groups -OCH3 is 1. The van der Waals surface area contributed by atoms with Crippen molar-refractivity contribution in [1.82, 2.24) is 0 Å². The predicted molar refractivity (Wildman–Crippen MR) is 120 cm³/mol. The van der Waals surface area contributed by atoms with Crippen molar-refractivity contribution in [2.24, 2.45) is 0 Å². The van der Waals surface area contributed by atoms with Gasteiger partial charge in [0.1, 0.15) is 6.61 Å². The van der Waals surface area contributed by atoms with Crippen molar-refractivity contribution < 1.29 is 14.6 Å². The quantitative estimate of drug-likeness (QED) is 0.418. The molecule has 1 aromatic carbocycles. The molecule has 0 fully saturated rings. The SMILES string of the molecule is COc1cc(C=CCO)ccc1OCC=C(C)CCC=C(C)CCC=C(C)C. The number of benzene rings is 1. The van der Waals surface area contributed by atoms with Crippen LogP contribution in [-0.4, -0.2) is 25.4 Å². The summed E-state index contributed by atoms with van der Waals surface area (Å²) in [5.74, 6) is 1.42. The van der Waals surface area contributed by atoms with Gasteiger partial charge in [-0.25, -0.2) is 0 Å². The van der Waals surface area contributed by atoms with Gasteiger partial charge in [0.25, 0.3) is 0 Å². The van der Waals surface area contributed by atoms with Gasteiger partial charge in [0.05, 0.1) is 13.7 Å². The molecule has 28 heavy (non-hydrogen) atoms. The first-order valence-electron chi connectivity index (χ1n) is 9.99. The Kier molecular flexibility index (Phi) is 11.8. The zero-order valence-corrected chi connectivity index (χ0v) is 18.1. The van der Waals surface area contributed by atoms with Crippen molar-refractivity contribution in [2.75, 3.05) is 20.3 Å². The van der Waals surface area contributed by atoms with Gasteiger partial charge in [0.15, 0.2) is 11.5 Å². The third kappa shape index (κ3) is 10.2. The first-order valence-corrected chi connectivity index (χ1v) is 9.99. The van der Waals surface area contributed by atoms with Crippen LogP contribution >= 0.6 is 0 Å². The Hall–Kier alpha value is -2.26. The van der Waals surface area contributed by atoms with E-state index >= 15 is 0 Å². The fourth-order valence-electron chi connectivity index (χ4n) is 2.71. The minimum Gasteiger partial charge on any atom is -0.493 e. The molecule has 0 spiro atoms. The lowest BCUT2D eigenvalue weighted by Crippen LogP contribution is -1.98. The second-order valence-electron chi connectivity index (χ2n) is 7.27. The van der Waals surface area contributed by atoms with Crippen molar-refractivity contribution in [2.45, 2.75) is 53.4 Å². The van der Waals surface area contributed by atoms with Crippen LogP contribution in [0.2, 0.25) is 0 Å². The number of aliphatic hydroxyl groups excluding tert-OH is 1. The molecule has 0 unspecified atom stereocenters. The molecule has 0 radical (unpaired) electrons. The van der Waals surface area contributed by atoms with Crippen LogP contribution in [0, 0.1) is 0 Å². The topological polar surface area (TPSA) is 38.7 Å². The highest BCUT2D eigenvalue weighted by atomic mass is 16.5. The van der Waals surface area contributed by atoms with E-state index < -0.39 is 0 Å². The average Bonchev–Trinajstić information content (AvgIpc) is 2.66. The molecule has 0 aliphatic rings. The Balaban J connectivity index is 2.47. The molecular formula is C25H36O3. The summed E-state index contributed by atoms with van der Waals surface area (Å²) in [7, 11) is 1.63. The summed E-state index contributed by atoms with van der Waals surface area (Å²) in [6.07, 6.45) is 14.7. The average molecular weight is 385 g/mol. The molecule has 0 saturated carbocycles. The molecule has 1 rings (SSSR count). The summed E-state index contributed by atoms with van der Waals surface area (Å²) in [5, 5.41) is 8.87. The van der Waals surface area contributed by atoms with E-state index in [1.54, 1.807) is 13.2 Å². The lowest BCUT2D eigenvalue weighted by molar-refractivity contribution is 0.325. The fraction of sp³-hybridized carbons (Fsp3) is 0.440. The third-order valence-corrected chi connectivity index (χ3v) is 4.40. The van der Waals surface area contributed by atoms with E-state index in [4.69, 9.17) is 14.6 Å². The lowest BCUT2D eigenvalue weighted by Gasteiger charge is -2.10. The smallest absolute Gasteiger partial charge is 0.161 e. The van der Waals surface area contributed by atoms with Gasteiger partial charge in [0, 0.05) is 0 Å². The molecule has 3 nitrogen and oxygen atoms in total. The minimum atomic E-state index is 0.0226. The maximum Gasteiger partial charge on any atom is 0.161 e. The normalized spacial score (nSPS) is 12.4. The Labute approximate surface area is 171 Å². The number of hydrogen-bond acceptors (Lipinski definition) is 3. The van der Waals surface area contributed by atoms with Crippen molar-refractivity contribution in [3.63, 3.8) is 0 Å². The van der Waals surface area contributed by atoms with Crippen LogP contribution in [0.25, 0.3) is 6.08 Å². The zero-order valence-electron chi connectivity index (χ0n) is 18.1. The molecule has 154 valence electrons. The number of ether oxygens (including phenoxy) is 2. The number of hydrogen-bond donors (Lipinski definition) is 1. The second kappa shape index (κ2) is 13.8. The molecule has 0 aromatic heterocycles. The van der Waals surface area contributed by atoms with Crippen LogP contribution in [0.3, 0.4) is 0 Å². The van der Waals surface area contributed by atoms with Gasteiger partial charge in [-0.15, -0.1) is 0 Å². The molecule has 0 aliphatic carbocycles. The molecule has 1 N–H and O–H groups in total. The van der Waals surface area contributed by atoms with E-state index in [0.29, 0.717) is 12.4 Å². The Morgan fingerprint density at radius 1 is 0.929 bits per heavy atom. The molecule has 1 aromatic rings. The summed E-state index contributed by atoms with van der Waals surface area (Å²) in [6, 6.07) is 5.75. The summed E-state index contributed by atoms with van der Waals surface area (Å²) in [5.41, 5.74) is 5.15. The van der Waals surface area contributed by atoms with E-state index in [2.05, 4.69) is 45.9 Å². The van der Waals surface area contributed by atoms with Gasteiger partial charge in [-0.1, -0.05) is 47.1 Å². The summed E-state index contributed by atoms with van der Waals surface area (Å²) in [4.78, 5) is 0. The van der Waals surface area contributed by atoms with Gasteiger partial charge in [-0.05, 0) is 77.2 Å². The maximum absolute atomic E-state index is 8.87. The van der Waals surface area contributed by atoms with Crippen LogP contribution < -0.4 is 9.47 Å². The fourth-order valence-corrected chi connectivity index (χ4v) is 2.71. The molecule has 0 heterocycles. The van der Waals surface area contributed by atoms with Crippen LogP contribution in [0.4, 0.5) is 0 Å². The van der Waals surface area contributed by atoms with Crippen molar-refractivity contribution in [3.8, 4) is 11.5 Å². The molecule has 0 aliphatic heterocycles. The summed E-state index contributed by atoms with van der Waals surface area (Å²) in [6.45, 7) is 9.20. The lowest BCUT2D eigenvalue weighted by atomic mass is 10.1. The molecule has 0 bridgehead atoms. The summed E-state index contributed by atoms with van der Waals surface area (Å²) < 4.78 is 11.3. The van der Waals surface area contributed by atoms with Crippen molar-refractivity contribution in [1.29, 1.82) is 0 Å². The Bertz CT molecular complexity index is 705. The highest BCUT2D eigenvalue weighted by molar-refractivity contribution is 5.55. The molecule has 3 heteroatoms. The van der Waals surface area contributed by atoms with Crippen LogP contribution in [0.1, 0.15) is 58.9 Å². The minimum absolute atomic E-state index is 0.0226. The van der Waals surface area contributed by atoms with E-state index in [1.807, 2.05) is 24.3 Å². The van der Waals surface area contributed by atoms with E-state index in [-0.39, 0.29) is 6.61 Å². The van der Waals surface area contributed by atoms with Gasteiger partial charge in [-0.2, -0.15) is 0 Å². The highest BCUT2D eigenvalue weighted by Crippen LogP contribution is 2.28. The van der Waals surface area contributed by atoms with Crippen LogP contribution in [-0.2, 0) is 0 Å².